The van der Waals surface area contributed by atoms with E-state index in [4.69, 9.17) is 33.7 Å². The van der Waals surface area contributed by atoms with Gasteiger partial charge in [-0.1, -0.05) is 59.6 Å². The van der Waals surface area contributed by atoms with Crippen LogP contribution in [0.2, 0.25) is 10.0 Å². The number of rotatable bonds is 3. The first-order chi connectivity index (χ1) is 15.4. The molecule has 4 rings (SSSR count). The van der Waals surface area contributed by atoms with E-state index in [0.29, 0.717) is 30.4 Å². The van der Waals surface area contributed by atoms with Crippen molar-refractivity contribution in [1.82, 2.24) is 4.57 Å². The largest absolute Gasteiger partial charge is 0.466 e. The van der Waals surface area contributed by atoms with Gasteiger partial charge in [0, 0.05) is 10.0 Å². The van der Waals surface area contributed by atoms with Gasteiger partial charge in [-0.25, -0.2) is 4.79 Å². The molecule has 1 aromatic heterocycles. The normalized spacial score (nSPS) is 16.0. The number of halogens is 2. The molecule has 1 aliphatic heterocycles. The van der Waals surface area contributed by atoms with Crippen molar-refractivity contribution in [1.29, 1.82) is 5.26 Å². The lowest BCUT2D eigenvalue weighted by Gasteiger charge is -2.25. The van der Waals surface area contributed by atoms with Crippen molar-refractivity contribution >= 4 is 58.0 Å². The molecule has 32 heavy (non-hydrogen) atoms. The first-order valence-electron chi connectivity index (χ1n) is 9.34. The maximum absolute atomic E-state index is 13.3. The standard InChI is InChI=1S/C23H15Cl2N3O3S/c1-31-23(30)19-18(13-7-3-5-9-16(13)25)14(11-26)22-28(20(19)27)21(29)17(32-22)10-12-6-2-4-8-15(12)24/h2-10,18H,27H2,1H3/b17-10+/t18-/m1/s1. The maximum Gasteiger partial charge on any atom is 0.338 e. The minimum Gasteiger partial charge on any atom is -0.466 e. The van der Waals surface area contributed by atoms with E-state index in [2.05, 4.69) is 6.07 Å². The lowest BCUT2D eigenvalue weighted by atomic mass is 9.84. The third-order valence-electron chi connectivity index (χ3n) is 5.08. The lowest BCUT2D eigenvalue weighted by Crippen LogP contribution is -2.40. The summed E-state index contributed by atoms with van der Waals surface area (Å²) in [6, 6.07) is 16.1. The number of aromatic nitrogens is 1. The molecule has 1 aliphatic rings. The molecule has 0 spiro atoms. The van der Waals surface area contributed by atoms with E-state index < -0.39 is 17.4 Å². The van der Waals surface area contributed by atoms with Crippen molar-refractivity contribution in [2.24, 2.45) is 5.73 Å². The van der Waals surface area contributed by atoms with Gasteiger partial charge in [0.1, 0.15) is 10.5 Å². The van der Waals surface area contributed by atoms with Crippen LogP contribution in [0.15, 0.2) is 58.9 Å². The summed E-state index contributed by atoms with van der Waals surface area (Å²) in [5, 5.41) is 10.9. The number of hydrogen-bond acceptors (Lipinski definition) is 6. The summed E-state index contributed by atoms with van der Waals surface area (Å²) in [6.45, 7) is 0. The molecule has 0 amide bonds. The SMILES string of the molecule is COC(=O)C1=C(N)n2c(s/c(=C/c3ccccc3Cl)c2=O)=C(C#N)[C@H]1c1ccccc1Cl. The lowest BCUT2D eigenvalue weighted by molar-refractivity contribution is -0.136. The van der Waals surface area contributed by atoms with Gasteiger partial charge in [-0.15, -0.1) is 11.3 Å². The molecule has 0 saturated carbocycles. The molecule has 0 unspecified atom stereocenters. The van der Waals surface area contributed by atoms with Crippen LogP contribution >= 0.6 is 34.5 Å². The zero-order chi connectivity index (χ0) is 23.0. The number of nitriles is 1. The van der Waals surface area contributed by atoms with Crippen LogP contribution in [-0.4, -0.2) is 17.6 Å². The molecule has 0 bridgehead atoms. The van der Waals surface area contributed by atoms with Gasteiger partial charge < -0.3 is 10.5 Å². The fourth-order valence-electron chi connectivity index (χ4n) is 3.62. The highest BCUT2D eigenvalue weighted by molar-refractivity contribution is 7.07. The second-order valence-electron chi connectivity index (χ2n) is 6.85. The van der Waals surface area contributed by atoms with Crippen molar-refractivity contribution in [3.8, 4) is 6.07 Å². The predicted molar refractivity (Wildman–Crippen MR) is 125 cm³/mol. The van der Waals surface area contributed by atoms with Crippen molar-refractivity contribution in [3.05, 3.63) is 94.8 Å². The number of ether oxygens (including phenoxy) is 1. The van der Waals surface area contributed by atoms with Gasteiger partial charge in [0.15, 0.2) is 0 Å². The van der Waals surface area contributed by atoms with Gasteiger partial charge in [0.2, 0.25) is 0 Å². The first kappa shape index (κ1) is 21.9. The molecular weight excluding hydrogens is 469 g/mol. The zero-order valence-electron chi connectivity index (χ0n) is 16.6. The Morgan fingerprint density at radius 2 is 1.84 bits per heavy atom. The van der Waals surface area contributed by atoms with Crippen molar-refractivity contribution in [3.63, 3.8) is 0 Å². The highest BCUT2D eigenvalue weighted by Gasteiger charge is 2.37. The minimum absolute atomic E-state index is 0.0196. The summed E-state index contributed by atoms with van der Waals surface area (Å²) in [5.41, 5.74) is 7.19. The number of hydrogen-bond donors (Lipinski definition) is 1. The van der Waals surface area contributed by atoms with Crippen LogP contribution < -0.4 is 20.5 Å². The summed E-state index contributed by atoms with van der Waals surface area (Å²) >= 11 is 13.7. The Morgan fingerprint density at radius 3 is 2.47 bits per heavy atom. The Kier molecular flexibility index (Phi) is 5.94. The Bertz CT molecular complexity index is 1510. The van der Waals surface area contributed by atoms with Crippen molar-refractivity contribution in [2.45, 2.75) is 5.92 Å². The topological polar surface area (TPSA) is 98.1 Å². The van der Waals surface area contributed by atoms with Crippen LogP contribution in [0.3, 0.4) is 0 Å². The average molecular weight is 484 g/mol. The van der Waals surface area contributed by atoms with E-state index in [1.54, 1.807) is 54.6 Å². The molecule has 3 aromatic rings. The average Bonchev–Trinajstić information content (AvgIpc) is 3.11. The number of fused-ring (bicyclic) bond motifs is 1. The Hall–Kier alpha value is -3.31. The van der Waals surface area contributed by atoms with Crippen LogP contribution in [0.4, 0.5) is 0 Å². The Morgan fingerprint density at radius 1 is 1.19 bits per heavy atom. The van der Waals surface area contributed by atoms with Gasteiger partial charge in [-0.05, 0) is 29.3 Å². The summed E-state index contributed by atoms with van der Waals surface area (Å²) < 4.78 is 6.75. The van der Waals surface area contributed by atoms with E-state index in [1.165, 1.54) is 11.7 Å². The molecule has 0 saturated heterocycles. The van der Waals surface area contributed by atoms with Gasteiger partial charge >= 0.3 is 5.97 Å². The van der Waals surface area contributed by atoms with Crippen molar-refractivity contribution < 1.29 is 9.53 Å². The van der Waals surface area contributed by atoms with Crippen LogP contribution in [0.25, 0.3) is 17.5 Å². The molecule has 0 aliphatic carbocycles. The van der Waals surface area contributed by atoms with Gasteiger partial charge in [0.05, 0.1) is 34.8 Å². The summed E-state index contributed by atoms with van der Waals surface area (Å²) in [4.78, 5) is 26.0. The predicted octanol–water partition coefficient (Wildman–Crippen LogP) is 2.82. The summed E-state index contributed by atoms with van der Waals surface area (Å²) in [5.74, 6) is -1.73. The molecular formula is C23H15Cl2N3O3S. The highest BCUT2D eigenvalue weighted by atomic mass is 35.5. The van der Waals surface area contributed by atoms with E-state index in [1.807, 2.05) is 0 Å². The molecule has 6 nitrogen and oxygen atoms in total. The fourth-order valence-corrected chi connectivity index (χ4v) is 5.17. The molecule has 2 heterocycles. The number of benzene rings is 2. The number of esters is 1. The Labute approximate surface area is 196 Å². The third-order valence-corrected chi connectivity index (χ3v) is 6.88. The molecule has 9 heteroatoms. The van der Waals surface area contributed by atoms with Crippen LogP contribution in [0.1, 0.15) is 17.0 Å². The van der Waals surface area contributed by atoms with E-state index >= 15 is 0 Å². The fraction of sp³-hybridized carbons (Fsp3) is 0.0870. The van der Waals surface area contributed by atoms with E-state index in [0.717, 1.165) is 11.3 Å². The number of methoxy groups -OCH3 is 1. The third kappa shape index (κ3) is 3.53. The second kappa shape index (κ2) is 8.67. The number of carbonyl (C=O) groups excluding carboxylic acids is 1. The molecule has 2 N–H and O–H groups in total. The van der Waals surface area contributed by atoms with E-state index in [9.17, 15) is 14.9 Å². The molecule has 2 aromatic carbocycles. The highest BCUT2D eigenvalue weighted by Crippen LogP contribution is 2.39. The number of nitrogens with two attached hydrogens (primary N) is 1. The quantitative estimate of drug-likeness (QED) is 0.577. The smallest absolute Gasteiger partial charge is 0.338 e. The molecule has 160 valence electrons. The number of thiazole rings is 1. The van der Waals surface area contributed by atoms with Gasteiger partial charge in [-0.2, -0.15) is 5.26 Å². The molecule has 0 radical (unpaired) electrons. The number of carbonyl (C=O) groups is 1. The van der Waals surface area contributed by atoms with Crippen LogP contribution in [0.5, 0.6) is 0 Å². The monoisotopic (exact) mass is 483 g/mol. The first-order valence-corrected chi connectivity index (χ1v) is 10.9. The molecule has 0 fully saturated rings. The van der Waals surface area contributed by atoms with Crippen molar-refractivity contribution in [2.75, 3.05) is 7.11 Å². The summed E-state index contributed by atoms with van der Waals surface area (Å²) in [6.07, 6.45) is 1.63. The van der Waals surface area contributed by atoms with Gasteiger partial charge in [0.25, 0.3) is 5.56 Å². The summed E-state index contributed by atoms with van der Waals surface area (Å²) in [7, 11) is 1.21. The van der Waals surface area contributed by atoms with Crippen LogP contribution in [0, 0.1) is 11.3 Å². The van der Waals surface area contributed by atoms with Crippen LogP contribution in [-0.2, 0) is 9.53 Å². The van der Waals surface area contributed by atoms with E-state index in [-0.39, 0.29) is 17.0 Å². The zero-order valence-corrected chi connectivity index (χ0v) is 19.0. The maximum atomic E-state index is 13.3. The second-order valence-corrected chi connectivity index (χ2v) is 8.69. The Balaban J connectivity index is 2.12. The molecule has 1 atom stereocenters. The minimum atomic E-state index is -0.882. The number of nitrogens with zero attached hydrogens (tertiary/aromatic N) is 2. The van der Waals surface area contributed by atoms with Gasteiger partial charge in [-0.3, -0.25) is 9.36 Å².